The van der Waals surface area contributed by atoms with Crippen molar-refractivity contribution in [2.75, 3.05) is 13.2 Å². The number of ether oxygens (including phenoxy) is 2. The van der Waals surface area contributed by atoms with Crippen molar-refractivity contribution in [1.29, 1.82) is 0 Å². The predicted molar refractivity (Wildman–Crippen MR) is 104 cm³/mol. The van der Waals surface area contributed by atoms with Crippen molar-refractivity contribution in [3.05, 3.63) is 58.9 Å². The van der Waals surface area contributed by atoms with Gasteiger partial charge in [-0.3, -0.25) is 0 Å². The molecule has 1 fully saturated rings. The standard InChI is InChI=1S/C23H29FO2/c1-4-5-14-25-19-10-13-22(26-15-19)21-12-11-20(17(3)23(21)24)18-8-6-16(2)7-9-18/h6-9,11-12,19,22H,4-5,10,13-15H2,1-3H3. The second-order valence-electron chi connectivity index (χ2n) is 7.25. The van der Waals surface area contributed by atoms with Gasteiger partial charge in [-0.1, -0.05) is 55.3 Å². The molecule has 1 saturated heterocycles. The van der Waals surface area contributed by atoms with Crippen molar-refractivity contribution < 1.29 is 13.9 Å². The summed E-state index contributed by atoms with van der Waals surface area (Å²) < 4.78 is 26.8. The van der Waals surface area contributed by atoms with Gasteiger partial charge in [0.1, 0.15) is 5.82 Å². The van der Waals surface area contributed by atoms with E-state index in [0.717, 1.165) is 43.4 Å². The molecule has 0 saturated carbocycles. The first-order valence-electron chi connectivity index (χ1n) is 9.69. The van der Waals surface area contributed by atoms with Gasteiger partial charge in [0.05, 0.1) is 18.8 Å². The first kappa shape index (κ1) is 19.1. The van der Waals surface area contributed by atoms with Crippen LogP contribution in [0.4, 0.5) is 4.39 Å². The monoisotopic (exact) mass is 356 g/mol. The Bertz CT molecular complexity index is 716. The largest absolute Gasteiger partial charge is 0.376 e. The van der Waals surface area contributed by atoms with Gasteiger partial charge in [0.25, 0.3) is 0 Å². The smallest absolute Gasteiger partial charge is 0.132 e. The maximum atomic E-state index is 15.0. The highest BCUT2D eigenvalue weighted by molar-refractivity contribution is 5.68. The Morgan fingerprint density at radius 3 is 2.50 bits per heavy atom. The van der Waals surface area contributed by atoms with Crippen LogP contribution in [0.5, 0.6) is 0 Å². The summed E-state index contributed by atoms with van der Waals surface area (Å²) in [6.07, 6.45) is 3.91. The minimum Gasteiger partial charge on any atom is -0.376 e. The lowest BCUT2D eigenvalue weighted by Crippen LogP contribution is -2.28. The lowest BCUT2D eigenvalue weighted by molar-refractivity contribution is -0.0880. The van der Waals surface area contributed by atoms with E-state index in [2.05, 4.69) is 26.0 Å². The van der Waals surface area contributed by atoms with E-state index in [4.69, 9.17) is 9.47 Å². The Labute approximate surface area is 156 Å². The van der Waals surface area contributed by atoms with E-state index < -0.39 is 0 Å². The first-order valence-corrected chi connectivity index (χ1v) is 9.69. The highest BCUT2D eigenvalue weighted by Gasteiger charge is 2.26. The number of hydrogen-bond donors (Lipinski definition) is 0. The fraction of sp³-hybridized carbons (Fsp3) is 0.478. The highest BCUT2D eigenvalue weighted by Crippen LogP contribution is 2.35. The number of unbranched alkanes of at least 4 members (excludes halogenated alkanes) is 1. The molecule has 2 unspecified atom stereocenters. The summed E-state index contributed by atoms with van der Waals surface area (Å²) in [5, 5.41) is 0. The highest BCUT2D eigenvalue weighted by atomic mass is 19.1. The quantitative estimate of drug-likeness (QED) is 0.578. The maximum Gasteiger partial charge on any atom is 0.132 e. The molecule has 3 heteroatoms. The normalized spacial score (nSPS) is 20.3. The molecular weight excluding hydrogens is 327 g/mol. The third kappa shape index (κ3) is 4.33. The van der Waals surface area contributed by atoms with Crippen molar-refractivity contribution >= 4 is 0 Å². The van der Waals surface area contributed by atoms with Crippen LogP contribution in [0.25, 0.3) is 11.1 Å². The third-order valence-corrected chi connectivity index (χ3v) is 5.21. The van der Waals surface area contributed by atoms with Gasteiger partial charge < -0.3 is 9.47 Å². The number of hydrogen-bond acceptors (Lipinski definition) is 2. The Morgan fingerprint density at radius 1 is 1.08 bits per heavy atom. The molecule has 2 atom stereocenters. The Kier molecular flexibility index (Phi) is 6.44. The molecule has 0 aliphatic carbocycles. The number of benzene rings is 2. The van der Waals surface area contributed by atoms with Crippen molar-refractivity contribution in [2.24, 2.45) is 0 Å². The molecule has 2 aromatic rings. The number of aryl methyl sites for hydroxylation is 1. The molecule has 26 heavy (non-hydrogen) atoms. The molecule has 0 aromatic heterocycles. The molecule has 1 heterocycles. The fourth-order valence-corrected chi connectivity index (χ4v) is 3.50. The lowest BCUT2D eigenvalue weighted by atomic mass is 9.93. The van der Waals surface area contributed by atoms with E-state index in [-0.39, 0.29) is 18.0 Å². The van der Waals surface area contributed by atoms with Crippen molar-refractivity contribution in [3.63, 3.8) is 0 Å². The molecule has 1 aliphatic rings. The fourth-order valence-electron chi connectivity index (χ4n) is 3.50. The zero-order valence-corrected chi connectivity index (χ0v) is 16.1. The molecular formula is C23H29FO2. The van der Waals surface area contributed by atoms with Crippen molar-refractivity contribution in [2.45, 2.75) is 58.7 Å². The van der Waals surface area contributed by atoms with Gasteiger partial charge >= 0.3 is 0 Å². The average Bonchev–Trinajstić information content (AvgIpc) is 2.66. The Morgan fingerprint density at radius 2 is 1.85 bits per heavy atom. The van der Waals surface area contributed by atoms with E-state index in [1.54, 1.807) is 0 Å². The van der Waals surface area contributed by atoms with Crippen LogP contribution in [0.1, 0.15) is 55.4 Å². The van der Waals surface area contributed by atoms with Gasteiger partial charge in [0, 0.05) is 12.2 Å². The van der Waals surface area contributed by atoms with Crippen LogP contribution in [-0.4, -0.2) is 19.3 Å². The maximum absolute atomic E-state index is 15.0. The zero-order chi connectivity index (χ0) is 18.5. The molecule has 140 valence electrons. The average molecular weight is 356 g/mol. The van der Waals surface area contributed by atoms with Gasteiger partial charge in [0.15, 0.2) is 0 Å². The second-order valence-corrected chi connectivity index (χ2v) is 7.25. The zero-order valence-electron chi connectivity index (χ0n) is 16.1. The van der Waals surface area contributed by atoms with Crippen LogP contribution >= 0.6 is 0 Å². The summed E-state index contributed by atoms with van der Waals surface area (Å²) >= 11 is 0. The van der Waals surface area contributed by atoms with Gasteiger partial charge in [-0.2, -0.15) is 0 Å². The van der Waals surface area contributed by atoms with Crippen LogP contribution in [0, 0.1) is 19.7 Å². The van der Waals surface area contributed by atoms with Gasteiger partial charge in [0.2, 0.25) is 0 Å². The first-order chi connectivity index (χ1) is 12.6. The molecule has 0 N–H and O–H groups in total. The van der Waals surface area contributed by atoms with Gasteiger partial charge in [-0.05, 0) is 49.8 Å². The summed E-state index contributed by atoms with van der Waals surface area (Å²) in [5.41, 5.74) is 4.56. The summed E-state index contributed by atoms with van der Waals surface area (Å²) in [4.78, 5) is 0. The van der Waals surface area contributed by atoms with E-state index in [9.17, 15) is 0 Å². The van der Waals surface area contributed by atoms with Crippen molar-refractivity contribution in [3.8, 4) is 11.1 Å². The van der Waals surface area contributed by atoms with Crippen LogP contribution < -0.4 is 0 Å². The third-order valence-electron chi connectivity index (χ3n) is 5.21. The van der Waals surface area contributed by atoms with E-state index >= 15 is 4.39 Å². The SMILES string of the molecule is CCCCOC1CCC(c2ccc(-c3ccc(C)cc3)c(C)c2F)OC1. The molecule has 0 radical (unpaired) electrons. The molecule has 0 amide bonds. The van der Waals surface area contributed by atoms with Crippen LogP contribution in [-0.2, 0) is 9.47 Å². The van der Waals surface area contributed by atoms with Gasteiger partial charge in [-0.15, -0.1) is 0 Å². The summed E-state index contributed by atoms with van der Waals surface area (Å²) in [6, 6.07) is 12.1. The van der Waals surface area contributed by atoms with Crippen molar-refractivity contribution in [1.82, 2.24) is 0 Å². The topological polar surface area (TPSA) is 18.5 Å². The predicted octanol–water partition coefficient (Wildman–Crippen LogP) is 6.15. The minimum atomic E-state index is -0.174. The van der Waals surface area contributed by atoms with E-state index in [1.807, 2.05) is 31.2 Å². The molecule has 3 rings (SSSR count). The van der Waals surface area contributed by atoms with E-state index in [0.29, 0.717) is 17.7 Å². The van der Waals surface area contributed by atoms with Gasteiger partial charge in [-0.25, -0.2) is 4.39 Å². The number of rotatable bonds is 6. The van der Waals surface area contributed by atoms with Crippen LogP contribution in [0.3, 0.4) is 0 Å². The molecule has 0 bridgehead atoms. The molecule has 1 aliphatic heterocycles. The molecule has 0 spiro atoms. The summed E-state index contributed by atoms with van der Waals surface area (Å²) in [5.74, 6) is -0.140. The summed E-state index contributed by atoms with van der Waals surface area (Å²) in [6.45, 7) is 7.40. The Balaban J connectivity index is 1.70. The second kappa shape index (κ2) is 8.79. The lowest BCUT2D eigenvalue weighted by Gasteiger charge is -2.30. The van der Waals surface area contributed by atoms with Crippen LogP contribution in [0.2, 0.25) is 0 Å². The summed E-state index contributed by atoms with van der Waals surface area (Å²) in [7, 11) is 0. The number of halogens is 1. The van der Waals surface area contributed by atoms with Crippen LogP contribution in [0.15, 0.2) is 36.4 Å². The minimum absolute atomic E-state index is 0.140. The molecule has 2 aromatic carbocycles. The molecule has 2 nitrogen and oxygen atoms in total. The van der Waals surface area contributed by atoms with E-state index in [1.165, 1.54) is 5.56 Å². The Hall–Kier alpha value is -1.71.